The van der Waals surface area contributed by atoms with Gasteiger partial charge in [0.25, 0.3) is 5.92 Å². The fourth-order valence-electron chi connectivity index (χ4n) is 1.43. The molecule has 0 saturated heterocycles. The third-order valence-electron chi connectivity index (χ3n) is 2.21. The molecule has 1 nitrogen and oxygen atoms in total. The normalized spacial score (nSPS) is 12.2. The Bertz CT molecular complexity index is 431. The van der Waals surface area contributed by atoms with Gasteiger partial charge in [-0.15, -0.1) is 11.3 Å². The van der Waals surface area contributed by atoms with Crippen LogP contribution in [0.3, 0.4) is 0 Å². The van der Waals surface area contributed by atoms with Crippen molar-refractivity contribution in [3.63, 3.8) is 0 Å². The molecule has 0 radical (unpaired) electrons. The fraction of sp³-hybridized carbons (Fsp3) is 0.273. The van der Waals surface area contributed by atoms with E-state index in [2.05, 4.69) is 0 Å². The number of fused-ring (bicyclic) bond motifs is 1. The minimum absolute atomic E-state index is 0.0257. The summed E-state index contributed by atoms with van der Waals surface area (Å²) in [6, 6.07) is 8.77. The summed E-state index contributed by atoms with van der Waals surface area (Å²) >= 11 is 1.08. The first kappa shape index (κ1) is 10.5. The van der Waals surface area contributed by atoms with Crippen LogP contribution in [0.5, 0.6) is 0 Å². The molecule has 80 valence electrons. The van der Waals surface area contributed by atoms with Gasteiger partial charge in [0.1, 0.15) is 0 Å². The van der Waals surface area contributed by atoms with Crippen LogP contribution in [0.1, 0.15) is 11.3 Å². The van der Waals surface area contributed by atoms with Gasteiger partial charge in [-0.3, -0.25) is 0 Å². The van der Waals surface area contributed by atoms with E-state index in [9.17, 15) is 8.78 Å². The summed E-state index contributed by atoms with van der Waals surface area (Å²) in [5.74, 6) is -2.92. The lowest BCUT2D eigenvalue weighted by Crippen LogP contribution is -2.13. The number of aliphatic hydroxyl groups excluding tert-OH is 1. The highest BCUT2D eigenvalue weighted by molar-refractivity contribution is 7.19. The van der Waals surface area contributed by atoms with Crippen LogP contribution >= 0.6 is 11.3 Å². The molecular formula is C11H10F2OS. The van der Waals surface area contributed by atoms with Gasteiger partial charge in [0.05, 0.1) is 4.88 Å². The Hall–Kier alpha value is -1.00. The molecule has 1 aromatic heterocycles. The van der Waals surface area contributed by atoms with E-state index in [4.69, 9.17) is 5.11 Å². The van der Waals surface area contributed by atoms with Gasteiger partial charge < -0.3 is 5.11 Å². The van der Waals surface area contributed by atoms with Crippen LogP contribution in [0.2, 0.25) is 0 Å². The van der Waals surface area contributed by atoms with Crippen molar-refractivity contribution in [1.82, 2.24) is 0 Å². The number of thiophene rings is 1. The molecule has 2 rings (SSSR count). The second kappa shape index (κ2) is 3.87. The molecule has 0 bridgehead atoms. The van der Waals surface area contributed by atoms with E-state index >= 15 is 0 Å². The molecular weight excluding hydrogens is 218 g/mol. The molecule has 0 atom stereocenters. The first-order valence-electron chi connectivity index (χ1n) is 4.61. The van der Waals surface area contributed by atoms with Gasteiger partial charge in [-0.1, -0.05) is 18.2 Å². The number of alkyl halides is 2. The highest BCUT2D eigenvalue weighted by atomic mass is 32.1. The third-order valence-corrected chi connectivity index (χ3v) is 3.44. The van der Waals surface area contributed by atoms with Gasteiger partial charge in [0, 0.05) is 17.7 Å². The van der Waals surface area contributed by atoms with Gasteiger partial charge in [0.15, 0.2) is 0 Å². The minimum atomic E-state index is -2.92. The number of rotatable bonds is 3. The van der Waals surface area contributed by atoms with E-state index < -0.39 is 19.0 Å². The van der Waals surface area contributed by atoms with Crippen molar-refractivity contribution in [2.75, 3.05) is 6.61 Å². The monoisotopic (exact) mass is 228 g/mol. The van der Waals surface area contributed by atoms with Crippen molar-refractivity contribution >= 4 is 21.4 Å². The van der Waals surface area contributed by atoms with Crippen LogP contribution in [0.15, 0.2) is 30.3 Å². The molecule has 0 spiro atoms. The summed E-state index contributed by atoms with van der Waals surface area (Å²) < 4.78 is 27.7. The van der Waals surface area contributed by atoms with Gasteiger partial charge >= 0.3 is 0 Å². The number of hydrogen-bond donors (Lipinski definition) is 1. The highest BCUT2D eigenvalue weighted by Gasteiger charge is 2.32. The van der Waals surface area contributed by atoms with E-state index in [0.717, 1.165) is 21.4 Å². The van der Waals surface area contributed by atoms with Crippen molar-refractivity contribution in [3.8, 4) is 0 Å². The van der Waals surface area contributed by atoms with Gasteiger partial charge in [0.2, 0.25) is 0 Å². The van der Waals surface area contributed by atoms with Crippen LogP contribution in [0.4, 0.5) is 8.78 Å². The lowest BCUT2D eigenvalue weighted by molar-refractivity contribution is -0.0233. The number of aliphatic hydroxyl groups is 1. The summed E-state index contributed by atoms with van der Waals surface area (Å²) in [5.41, 5.74) is 0. The Morgan fingerprint density at radius 1 is 1.27 bits per heavy atom. The number of halogens is 2. The fourth-order valence-corrected chi connectivity index (χ4v) is 2.49. The average molecular weight is 228 g/mol. The summed E-state index contributed by atoms with van der Waals surface area (Å²) in [6.07, 6.45) is -0.514. The highest BCUT2D eigenvalue weighted by Crippen LogP contribution is 2.38. The zero-order valence-electron chi connectivity index (χ0n) is 7.91. The van der Waals surface area contributed by atoms with Crippen molar-refractivity contribution in [1.29, 1.82) is 0 Å². The quantitative estimate of drug-likeness (QED) is 0.853. The molecule has 0 unspecified atom stereocenters. The average Bonchev–Trinajstić information content (AvgIpc) is 2.61. The maximum Gasteiger partial charge on any atom is 0.284 e. The first-order chi connectivity index (χ1) is 7.13. The molecule has 0 aliphatic carbocycles. The zero-order valence-corrected chi connectivity index (χ0v) is 8.73. The van der Waals surface area contributed by atoms with Crippen LogP contribution < -0.4 is 0 Å². The van der Waals surface area contributed by atoms with Crippen LogP contribution in [0, 0.1) is 0 Å². The molecule has 0 aliphatic heterocycles. The molecule has 0 amide bonds. The molecule has 4 heteroatoms. The number of hydrogen-bond acceptors (Lipinski definition) is 2. The maximum absolute atomic E-state index is 13.4. The topological polar surface area (TPSA) is 20.2 Å². The Labute approximate surface area is 90.0 Å². The lowest BCUT2D eigenvalue weighted by Gasteiger charge is -2.11. The molecule has 0 aliphatic rings. The standard InChI is InChI=1S/C11H10F2OS/c12-11(13,5-6-14)10-7-8-3-1-2-4-9(8)15-10/h1-4,7,14H,5-6H2. The first-order valence-corrected chi connectivity index (χ1v) is 5.43. The minimum Gasteiger partial charge on any atom is -0.396 e. The van der Waals surface area contributed by atoms with Crippen LogP contribution in [-0.2, 0) is 5.92 Å². The smallest absolute Gasteiger partial charge is 0.284 e. The van der Waals surface area contributed by atoms with E-state index in [1.807, 2.05) is 24.3 Å². The lowest BCUT2D eigenvalue weighted by atomic mass is 10.2. The Morgan fingerprint density at radius 3 is 2.67 bits per heavy atom. The van der Waals surface area contributed by atoms with E-state index in [-0.39, 0.29) is 4.88 Å². The Balaban J connectivity index is 2.44. The van der Waals surface area contributed by atoms with Crippen molar-refractivity contribution < 1.29 is 13.9 Å². The molecule has 1 heterocycles. The van der Waals surface area contributed by atoms with Gasteiger partial charge in [-0.25, -0.2) is 8.78 Å². The second-order valence-electron chi connectivity index (χ2n) is 3.33. The largest absolute Gasteiger partial charge is 0.396 e. The SMILES string of the molecule is OCCC(F)(F)c1cc2ccccc2s1. The second-order valence-corrected chi connectivity index (χ2v) is 4.41. The Morgan fingerprint density at radius 2 is 2.00 bits per heavy atom. The van der Waals surface area contributed by atoms with E-state index in [1.54, 1.807) is 0 Å². The van der Waals surface area contributed by atoms with Gasteiger partial charge in [-0.2, -0.15) is 0 Å². The molecule has 1 aromatic carbocycles. The van der Waals surface area contributed by atoms with Crippen LogP contribution in [-0.4, -0.2) is 11.7 Å². The van der Waals surface area contributed by atoms with Gasteiger partial charge in [-0.05, 0) is 17.5 Å². The number of benzene rings is 1. The Kier molecular flexibility index (Phi) is 2.71. The molecule has 2 aromatic rings. The molecule has 15 heavy (non-hydrogen) atoms. The molecule has 1 N–H and O–H groups in total. The summed E-state index contributed by atoms with van der Waals surface area (Å²) in [6.45, 7) is -0.499. The van der Waals surface area contributed by atoms with Crippen molar-refractivity contribution in [2.24, 2.45) is 0 Å². The predicted molar refractivity (Wildman–Crippen MR) is 57.4 cm³/mol. The van der Waals surface area contributed by atoms with Crippen molar-refractivity contribution in [2.45, 2.75) is 12.3 Å². The van der Waals surface area contributed by atoms with Crippen LogP contribution in [0.25, 0.3) is 10.1 Å². The summed E-state index contributed by atoms with van der Waals surface area (Å²) in [4.78, 5) is 0.0257. The molecule has 0 saturated carbocycles. The molecule has 0 fully saturated rings. The predicted octanol–water partition coefficient (Wildman–Crippen LogP) is 3.38. The third kappa shape index (κ3) is 2.01. The summed E-state index contributed by atoms with van der Waals surface area (Å²) in [5, 5.41) is 9.39. The van der Waals surface area contributed by atoms with Crippen molar-refractivity contribution in [3.05, 3.63) is 35.2 Å². The van der Waals surface area contributed by atoms with E-state index in [1.165, 1.54) is 6.07 Å². The van der Waals surface area contributed by atoms with E-state index in [0.29, 0.717) is 0 Å². The zero-order chi connectivity index (χ0) is 10.9. The maximum atomic E-state index is 13.4. The summed E-state index contributed by atoms with van der Waals surface area (Å²) in [7, 11) is 0.